The summed E-state index contributed by atoms with van der Waals surface area (Å²) >= 11 is 6.99. The summed E-state index contributed by atoms with van der Waals surface area (Å²) in [6.45, 7) is 1.91. The lowest BCUT2D eigenvalue weighted by Crippen LogP contribution is -2.25. The maximum absolute atomic E-state index is 12.4. The Labute approximate surface area is 115 Å². The van der Waals surface area contributed by atoms with Crippen LogP contribution in [0.15, 0.2) is 24.3 Å². The van der Waals surface area contributed by atoms with E-state index in [1.807, 2.05) is 31.2 Å². The van der Waals surface area contributed by atoms with Crippen molar-refractivity contribution in [2.75, 3.05) is 0 Å². The molecular formula is C11H9Br2N3O. The molecule has 1 unspecified atom stereocenters. The summed E-state index contributed by atoms with van der Waals surface area (Å²) in [5.41, 5.74) is 1.02. The van der Waals surface area contributed by atoms with Gasteiger partial charge in [0.2, 0.25) is 0 Å². The lowest BCUT2D eigenvalue weighted by atomic mass is 10.1. The fourth-order valence-corrected chi connectivity index (χ4v) is 3.35. The van der Waals surface area contributed by atoms with E-state index in [0.29, 0.717) is 0 Å². The third-order valence-corrected chi connectivity index (χ3v) is 5.59. The first-order chi connectivity index (χ1) is 7.96. The van der Waals surface area contributed by atoms with Crippen LogP contribution in [0.4, 0.5) is 0 Å². The number of aromatic nitrogens is 3. The van der Waals surface area contributed by atoms with E-state index in [2.05, 4.69) is 42.2 Å². The van der Waals surface area contributed by atoms with Gasteiger partial charge in [-0.15, -0.1) is 5.10 Å². The molecule has 0 bridgehead atoms. The van der Waals surface area contributed by atoms with Crippen molar-refractivity contribution in [2.24, 2.45) is 5.41 Å². The van der Waals surface area contributed by atoms with Gasteiger partial charge in [0, 0.05) is 0 Å². The molecule has 0 radical (unpaired) electrons. The van der Waals surface area contributed by atoms with Gasteiger partial charge in [-0.2, -0.15) is 4.68 Å². The van der Waals surface area contributed by atoms with E-state index < -0.39 is 5.41 Å². The molecule has 17 heavy (non-hydrogen) atoms. The number of nitrogens with zero attached hydrogens (tertiary/aromatic N) is 3. The summed E-state index contributed by atoms with van der Waals surface area (Å²) in [7, 11) is 0. The Bertz CT molecular complexity index is 622. The van der Waals surface area contributed by atoms with Crippen LogP contribution in [0.3, 0.4) is 0 Å². The molecule has 1 aliphatic rings. The fraction of sp³-hybridized carbons (Fsp3) is 0.364. The molecule has 1 fully saturated rings. The molecule has 4 nitrogen and oxygen atoms in total. The number of carbonyl (C=O) groups is 1. The number of carbonyl (C=O) groups excluding carboxylic acids is 1. The molecule has 6 heteroatoms. The van der Waals surface area contributed by atoms with Crippen molar-refractivity contribution in [1.82, 2.24) is 15.0 Å². The SMILES string of the molecule is CC1(C(=O)n2nnc3ccccc32)CC1(Br)Br. The van der Waals surface area contributed by atoms with Crippen LogP contribution >= 0.6 is 31.9 Å². The zero-order chi connectivity index (χ0) is 12.3. The molecule has 0 N–H and O–H groups in total. The van der Waals surface area contributed by atoms with Gasteiger partial charge >= 0.3 is 0 Å². The molecule has 88 valence electrons. The quantitative estimate of drug-likeness (QED) is 0.736. The molecule has 1 aromatic carbocycles. The Morgan fingerprint density at radius 1 is 1.41 bits per heavy atom. The first kappa shape index (κ1) is 11.3. The van der Waals surface area contributed by atoms with Crippen LogP contribution in [0.5, 0.6) is 0 Å². The van der Waals surface area contributed by atoms with Gasteiger partial charge in [0.1, 0.15) is 5.52 Å². The molecule has 0 amide bonds. The zero-order valence-electron chi connectivity index (χ0n) is 9.02. The van der Waals surface area contributed by atoms with Gasteiger partial charge in [-0.1, -0.05) is 49.2 Å². The van der Waals surface area contributed by atoms with Crippen LogP contribution in [-0.2, 0) is 0 Å². The highest BCUT2D eigenvalue weighted by Gasteiger charge is 2.67. The number of fused-ring (bicyclic) bond motifs is 1. The van der Waals surface area contributed by atoms with Crippen LogP contribution in [-0.4, -0.2) is 24.1 Å². The molecule has 1 saturated carbocycles. The summed E-state index contributed by atoms with van der Waals surface area (Å²) in [5.74, 6) is -0.0417. The second kappa shape index (κ2) is 3.38. The summed E-state index contributed by atoms with van der Waals surface area (Å²) in [6.07, 6.45) is 0.743. The highest BCUT2D eigenvalue weighted by molar-refractivity contribution is 9.25. The number of para-hydroxylation sites is 1. The Hall–Kier alpha value is -0.750. The van der Waals surface area contributed by atoms with Crippen molar-refractivity contribution in [1.29, 1.82) is 0 Å². The Balaban J connectivity index is 2.09. The minimum Gasteiger partial charge on any atom is -0.272 e. The van der Waals surface area contributed by atoms with E-state index in [4.69, 9.17) is 0 Å². The lowest BCUT2D eigenvalue weighted by molar-refractivity contribution is 0.0812. The van der Waals surface area contributed by atoms with E-state index >= 15 is 0 Å². The van der Waals surface area contributed by atoms with Gasteiger partial charge < -0.3 is 0 Å². The lowest BCUT2D eigenvalue weighted by Gasteiger charge is -2.10. The maximum atomic E-state index is 12.4. The molecule has 1 aliphatic carbocycles. The number of rotatable bonds is 1. The van der Waals surface area contributed by atoms with E-state index in [0.717, 1.165) is 17.5 Å². The second-order valence-electron chi connectivity index (χ2n) is 4.51. The largest absolute Gasteiger partial charge is 0.272 e. The van der Waals surface area contributed by atoms with Crippen molar-refractivity contribution in [3.8, 4) is 0 Å². The normalized spacial score (nSPS) is 26.1. The number of halogens is 2. The van der Waals surface area contributed by atoms with Gasteiger partial charge in [0.15, 0.2) is 0 Å². The van der Waals surface area contributed by atoms with Crippen molar-refractivity contribution < 1.29 is 4.79 Å². The summed E-state index contributed by atoms with van der Waals surface area (Å²) in [4.78, 5) is 12.4. The third kappa shape index (κ3) is 1.50. The van der Waals surface area contributed by atoms with Gasteiger partial charge in [0.05, 0.1) is 14.2 Å². The highest BCUT2D eigenvalue weighted by atomic mass is 79.9. The topological polar surface area (TPSA) is 47.8 Å². The van der Waals surface area contributed by atoms with E-state index in [1.165, 1.54) is 4.68 Å². The molecule has 0 saturated heterocycles. The molecule has 3 rings (SSSR count). The van der Waals surface area contributed by atoms with Crippen molar-refractivity contribution in [3.05, 3.63) is 24.3 Å². The average Bonchev–Trinajstić information content (AvgIpc) is 2.67. The summed E-state index contributed by atoms with van der Waals surface area (Å²) < 4.78 is 1.08. The summed E-state index contributed by atoms with van der Waals surface area (Å²) in [6, 6.07) is 7.45. The Morgan fingerprint density at radius 2 is 2.06 bits per heavy atom. The minimum absolute atomic E-state index is 0.0417. The maximum Gasteiger partial charge on any atom is 0.257 e. The van der Waals surface area contributed by atoms with Crippen molar-refractivity contribution in [2.45, 2.75) is 16.6 Å². The minimum atomic E-state index is -0.469. The first-order valence-corrected chi connectivity index (χ1v) is 6.77. The van der Waals surface area contributed by atoms with Crippen LogP contribution in [0.25, 0.3) is 11.0 Å². The Kier molecular flexibility index (Phi) is 2.26. The number of benzene rings is 1. The average molecular weight is 359 g/mol. The molecule has 2 aromatic rings. The van der Waals surface area contributed by atoms with Crippen molar-refractivity contribution in [3.63, 3.8) is 0 Å². The van der Waals surface area contributed by atoms with Gasteiger partial charge in [-0.05, 0) is 25.5 Å². The van der Waals surface area contributed by atoms with Gasteiger partial charge in [-0.25, -0.2) is 0 Å². The van der Waals surface area contributed by atoms with Gasteiger partial charge in [-0.3, -0.25) is 4.79 Å². The second-order valence-corrected chi connectivity index (χ2v) is 8.28. The molecule has 0 spiro atoms. The van der Waals surface area contributed by atoms with Crippen LogP contribution in [0, 0.1) is 5.41 Å². The molecule has 1 aromatic heterocycles. The van der Waals surface area contributed by atoms with E-state index in [9.17, 15) is 4.79 Å². The number of hydrogen-bond donors (Lipinski definition) is 0. The van der Waals surface area contributed by atoms with Crippen LogP contribution < -0.4 is 0 Å². The van der Waals surface area contributed by atoms with Crippen LogP contribution in [0.2, 0.25) is 0 Å². The molecule has 1 atom stereocenters. The fourth-order valence-electron chi connectivity index (χ4n) is 1.88. The molecular weight excluding hydrogens is 350 g/mol. The van der Waals surface area contributed by atoms with Crippen molar-refractivity contribution >= 4 is 48.8 Å². The van der Waals surface area contributed by atoms with E-state index in [1.54, 1.807) is 0 Å². The third-order valence-electron chi connectivity index (χ3n) is 3.27. The highest BCUT2D eigenvalue weighted by Crippen LogP contribution is 2.66. The predicted molar refractivity (Wildman–Crippen MR) is 71.5 cm³/mol. The number of hydrogen-bond acceptors (Lipinski definition) is 3. The number of alkyl halides is 2. The van der Waals surface area contributed by atoms with Gasteiger partial charge in [0.25, 0.3) is 5.91 Å². The van der Waals surface area contributed by atoms with Crippen LogP contribution in [0.1, 0.15) is 18.1 Å². The summed E-state index contributed by atoms with van der Waals surface area (Å²) in [5, 5.41) is 7.93. The zero-order valence-corrected chi connectivity index (χ0v) is 12.2. The Morgan fingerprint density at radius 3 is 2.71 bits per heavy atom. The molecule has 1 heterocycles. The van der Waals surface area contributed by atoms with E-state index in [-0.39, 0.29) is 9.14 Å². The predicted octanol–water partition coefficient (Wildman–Crippen LogP) is 2.97. The molecule has 0 aliphatic heterocycles. The first-order valence-electron chi connectivity index (χ1n) is 5.19. The monoisotopic (exact) mass is 357 g/mol. The smallest absolute Gasteiger partial charge is 0.257 e. The standard InChI is InChI=1S/C11H9Br2N3O/c1-10(6-11(10,12)13)9(17)16-8-5-3-2-4-7(8)14-15-16/h2-5H,6H2,1H3.